The highest BCUT2D eigenvalue weighted by Crippen LogP contribution is 2.30. The molecule has 2 aliphatic heterocycles. The minimum absolute atomic E-state index is 0.00717. The third kappa shape index (κ3) is 5.10. The van der Waals surface area contributed by atoms with Crippen molar-refractivity contribution in [3.63, 3.8) is 0 Å². The lowest BCUT2D eigenvalue weighted by atomic mass is 9.79. The lowest BCUT2D eigenvalue weighted by Crippen LogP contribution is -2.64. The number of nitrogens with zero attached hydrogens (tertiary/aromatic N) is 1. The molecule has 0 aliphatic carbocycles. The van der Waals surface area contributed by atoms with Gasteiger partial charge in [-0.25, -0.2) is 4.39 Å². The van der Waals surface area contributed by atoms with Crippen LogP contribution in [-0.4, -0.2) is 51.7 Å². The molecular formula is C22H34FN3O2. The molecule has 1 aromatic rings. The van der Waals surface area contributed by atoms with Gasteiger partial charge in [-0.15, -0.1) is 0 Å². The second-order valence-electron chi connectivity index (χ2n) is 9.87. The Labute approximate surface area is 167 Å². The van der Waals surface area contributed by atoms with E-state index in [1.54, 1.807) is 17.0 Å². The largest absolute Gasteiger partial charge is 0.379 e. The SMILES string of the molecule is CC1(C)CC(NCC2(O)CCCN(Cc3ccc(F)cc3)C2=O)CC(C)(C)N1. The Hall–Kier alpha value is -1.50. The molecule has 2 fully saturated rings. The van der Waals surface area contributed by atoms with Gasteiger partial charge >= 0.3 is 0 Å². The lowest BCUT2D eigenvalue weighted by Gasteiger charge is -2.47. The summed E-state index contributed by atoms with van der Waals surface area (Å²) in [6, 6.07) is 6.42. The van der Waals surface area contributed by atoms with Gasteiger partial charge in [0, 0.05) is 36.8 Å². The van der Waals surface area contributed by atoms with E-state index >= 15 is 0 Å². The number of piperidine rings is 2. The summed E-state index contributed by atoms with van der Waals surface area (Å²) in [4.78, 5) is 14.7. The van der Waals surface area contributed by atoms with E-state index in [-0.39, 0.29) is 35.4 Å². The monoisotopic (exact) mass is 391 g/mol. The molecule has 0 saturated carbocycles. The first-order valence-electron chi connectivity index (χ1n) is 10.3. The first-order valence-corrected chi connectivity index (χ1v) is 10.3. The van der Waals surface area contributed by atoms with Gasteiger partial charge in [-0.2, -0.15) is 0 Å². The Morgan fingerprint density at radius 3 is 2.39 bits per heavy atom. The Morgan fingerprint density at radius 2 is 1.79 bits per heavy atom. The maximum absolute atomic E-state index is 13.1. The smallest absolute Gasteiger partial charge is 0.256 e. The van der Waals surface area contributed by atoms with Gasteiger partial charge in [0.2, 0.25) is 0 Å². The van der Waals surface area contributed by atoms with E-state index in [9.17, 15) is 14.3 Å². The highest BCUT2D eigenvalue weighted by molar-refractivity contribution is 5.86. The van der Waals surface area contributed by atoms with Crippen molar-refractivity contribution in [1.82, 2.24) is 15.5 Å². The zero-order valence-electron chi connectivity index (χ0n) is 17.5. The third-order valence-electron chi connectivity index (χ3n) is 5.86. The van der Waals surface area contributed by atoms with Crippen molar-refractivity contribution in [3.8, 4) is 0 Å². The number of aliphatic hydroxyl groups is 1. The molecule has 5 nitrogen and oxygen atoms in total. The molecule has 0 radical (unpaired) electrons. The second kappa shape index (κ2) is 7.73. The molecule has 3 rings (SSSR count). The summed E-state index contributed by atoms with van der Waals surface area (Å²) in [7, 11) is 0. The van der Waals surface area contributed by atoms with Crippen LogP contribution in [0.25, 0.3) is 0 Å². The molecule has 1 atom stereocenters. The van der Waals surface area contributed by atoms with Crippen molar-refractivity contribution in [3.05, 3.63) is 35.6 Å². The van der Waals surface area contributed by atoms with Crippen molar-refractivity contribution in [2.75, 3.05) is 13.1 Å². The molecule has 28 heavy (non-hydrogen) atoms. The minimum atomic E-state index is -1.38. The average molecular weight is 392 g/mol. The van der Waals surface area contributed by atoms with Crippen LogP contribution < -0.4 is 10.6 Å². The van der Waals surface area contributed by atoms with Gasteiger partial charge < -0.3 is 20.6 Å². The highest BCUT2D eigenvalue weighted by atomic mass is 19.1. The van der Waals surface area contributed by atoms with Crippen LogP contribution in [0.2, 0.25) is 0 Å². The summed E-state index contributed by atoms with van der Waals surface area (Å²) in [6.07, 6.45) is 3.12. The zero-order valence-corrected chi connectivity index (χ0v) is 17.5. The van der Waals surface area contributed by atoms with Crippen molar-refractivity contribution < 1.29 is 14.3 Å². The van der Waals surface area contributed by atoms with Gasteiger partial charge in [0.1, 0.15) is 5.82 Å². The molecule has 0 spiro atoms. The molecule has 2 aliphatic rings. The van der Waals surface area contributed by atoms with Crippen molar-refractivity contribution in [1.29, 1.82) is 0 Å². The Bertz CT molecular complexity index is 688. The predicted molar refractivity (Wildman–Crippen MR) is 108 cm³/mol. The molecule has 156 valence electrons. The predicted octanol–water partition coefficient (Wildman–Crippen LogP) is 2.58. The molecule has 3 N–H and O–H groups in total. The van der Waals surface area contributed by atoms with Gasteiger partial charge in [-0.1, -0.05) is 12.1 Å². The van der Waals surface area contributed by atoms with E-state index in [0.29, 0.717) is 19.5 Å². The molecule has 0 bridgehead atoms. The molecular weight excluding hydrogens is 357 g/mol. The van der Waals surface area contributed by atoms with E-state index in [2.05, 4.69) is 38.3 Å². The number of hydrogen-bond donors (Lipinski definition) is 3. The van der Waals surface area contributed by atoms with E-state index < -0.39 is 5.60 Å². The average Bonchev–Trinajstić information content (AvgIpc) is 2.57. The highest BCUT2D eigenvalue weighted by Gasteiger charge is 2.44. The van der Waals surface area contributed by atoms with Crippen LogP contribution in [0.1, 0.15) is 58.9 Å². The fourth-order valence-corrected chi connectivity index (χ4v) is 4.97. The summed E-state index contributed by atoms with van der Waals surface area (Å²) in [5, 5.41) is 18.2. The summed E-state index contributed by atoms with van der Waals surface area (Å²) >= 11 is 0. The Balaban J connectivity index is 1.62. The minimum Gasteiger partial charge on any atom is -0.379 e. The van der Waals surface area contributed by atoms with Gasteiger partial charge in [0.05, 0.1) is 0 Å². The first-order chi connectivity index (χ1) is 13.0. The summed E-state index contributed by atoms with van der Waals surface area (Å²) in [5.41, 5.74) is -0.494. The van der Waals surface area contributed by atoms with Crippen molar-refractivity contribution >= 4 is 5.91 Å². The summed E-state index contributed by atoms with van der Waals surface area (Å²) < 4.78 is 13.1. The number of carbonyl (C=O) groups excluding carboxylic acids is 1. The maximum Gasteiger partial charge on any atom is 0.256 e. The molecule has 1 aromatic carbocycles. The fraction of sp³-hybridized carbons (Fsp3) is 0.682. The quantitative estimate of drug-likeness (QED) is 0.722. The number of rotatable bonds is 5. The molecule has 6 heteroatoms. The van der Waals surface area contributed by atoms with Crippen LogP contribution >= 0.6 is 0 Å². The van der Waals surface area contributed by atoms with Crippen LogP contribution in [0.5, 0.6) is 0 Å². The van der Waals surface area contributed by atoms with Crippen LogP contribution in [0.4, 0.5) is 4.39 Å². The van der Waals surface area contributed by atoms with Gasteiger partial charge in [-0.3, -0.25) is 4.79 Å². The normalized spacial score (nSPS) is 27.8. The zero-order chi connectivity index (χ0) is 20.6. The second-order valence-corrected chi connectivity index (χ2v) is 9.87. The Kier molecular flexibility index (Phi) is 5.86. The molecule has 1 amide bonds. The number of amides is 1. The summed E-state index contributed by atoms with van der Waals surface area (Å²) in [6.45, 7) is 10.0. The lowest BCUT2D eigenvalue weighted by molar-refractivity contribution is -0.157. The van der Waals surface area contributed by atoms with E-state index in [1.165, 1.54) is 12.1 Å². The fourth-order valence-electron chi connectivity index (χ4n) is 4.97. The van der Waals surface area contributed by atoms with Gasteiger partial charge in [0.25, 0.3) is 5.91 Å². The molecule has 2 saturated heterocycles. The number of halogens is 1. The van der Waals surface area contributed by atoms with Crippen molar-refractivity contribution in [2.45, 2.75) is 82.6 Å². The first kappa shape index (κ1) is 21.2. The van der Waals surface area contributed by atoms with Crippen LogP contribution in [0, 0.1) is 5.82 Å². The summed E-state index contributed by atoms with van der Waals surface area (Å²) in [5.74, 6) is -0.523. The van der Waals surface area contributed by atoms with Crippen LogP contribution in [-0.2, 0) is 11.3 Å². The van der Waals surface area contributed by atoms with E-state index in [1.807, 2.05) is 0 Å². The number of hydrogen-bond acceptors (Lipinski definition) is 4. The van der Waals surface area contributed by atoms with Gasteiger partial charge in [-0.05, 0) is 71.1 Å². The third-order valence-corrected chi connectivity index (χ3v) is 5.86. The van der Waals surface area contributed by atoms with Crippen LogP contribution in [0.15, 0.2) is 24.3 Å². The van der Waals surface area contributed by atoms with Crippen LogP contribution in [0.3, 0.4) is 0 Å². The molecule has 2 heterocycles. The van der Waals surface area contributed by atoms with E-state index in [4.69, 9.17) is 0 Å². The number of benzene rings is 1. The number of likely N-dealkylation sites (tertiary alicyclic amines) is 1. The topological polar surface area (TPSA) is 64.6 Å². The molecule has 1 unspecified atom stereocenters. The number of nitrogens with one attached hydrogen (secondary N) is 2. The van der Waals surface area contributed by atoms with Crippen molar-refractivity contribution in [2.24, 2.45) is 0 Å². The maximum atomic E-state index is 13.1. The standard InChI is InChI=1S/C22H34FN3O2/c1-20(2)12-18(13-21(3,4)25-20)24-15-22(28)10-5-11-26(19(22)27)14-16-6-8-17(23)9-7-16/h6-9,18,24-25,28H,5,10-15H2,1-4H3. The van der Waals surface area contributed by atoms with E-state index in [0.717, 1.165) is 24.8 Å². The number of carbonyl (C=O) groups is 1. The van der Waals surface area contributed by atoms with Gasteiger partial charge in [0.15, 0.2) is 5.60 Å². The molecule has 0 aromatic heterocycles. The Morgan fingerprint density at radius 1 is 1.18 bits per heavy atom.